The predicted molar refractivity (Wildman–Crippen MR) is 102 cm³/mol. The second kappa shape index (κ2) is 7.01. The van der Waals surface area contributed by atoms with Crippen molar-refractivity contribution >= 4 is 17.2 Å². The van der Waals surface area contributed by atoms with Crippen molar-refractivity contribution in [3.63, 3.8) is 0 Å². The Morgan fingerprint density at radius 3 is 3.00 bits per heavy atom. The van der Waals surface area contributed by atoms with E-state index in [4.69, 9.17) is 0 Å². The van der Waals surface area contributed by atoms with Gasteiger partial charge in [-0.3, -0.25) is 4.79 Å². The normalized spacial score (nSPS) is 17.5. The predicted octanol–water partition coefficient (Wildman–Crippen LogP) is 2.64. The van der Waals surface area contributed by atoms with Gasteiger partial charge in [0.1, 0.15) is 11.9 Å². The summed E-state index contributed by atoms with van der Waals surface area (Å²) in [6.45, 7) is 4.15. The third kappa shape index (κ3) is 3.15. The number of carbonyl (C=O) groups is 1. The molecule has 3 heterocycles. The molecule has 134 valence electrons. The topological polar surface area (TPSA) is 63.1 Å². The number of carbonyl (C=O) groups excluding carboxylic acids is 1. The lowest BCUT2D eigenvalue weighted by Crippen LogP contribution is -2.49. The summed E-state index contributed by atoms with van der Waals surface area (Å²) >= 11 is 1.62. The van der Waals surface area contributed by atoms with Crippen molar-refractivity contribution in [1.82, 2.24) is 24.8 Å². The van der Waals surface area contributed by atoms with Crippen LogP contribution in [0.4, 0.5) is 0 Å². The molecule has 1 saturated heterocycles. The van der Waals surface area contributed by atoms with Gasteiger partial charge in [0, 0.05) is 55.6 Å². The fraction of sp³-hybridized carbons (Fsp3) is 0.316. The minimum absolute atomic E-state index is 0.0355. The van der Waals surface area contributed by atoms with Crippen LogP contribution in [0.2, 0.25) is 0 Å². The summed E-state index contributed by atoms with van der Waals surface area (Å²) in [4.78, 5) is 24.2. The van der Waals surface area contributed by atoms with Crippen molar-refractivity contribution in [1.29, 1.82) is 0 Å². The molecule has 6 nitrogen and oxygen atoms in total. The van der Waals surface area contributed by atoms with Gasteiger partial charge in [0.25, 0.3) is 5.91 Å². The van der Waals surface area contributed by atoms with Crippen molar-refractivity contribution in [3.8, 4) is 11.3 Å². The standard InChI is InChI=1S/C19H21N5OS/c1-13-22-16(12-26-13)14-4-3-5-15(10-14)19(25)24-9-6-20-11-17(24)18-21-7-8-23(18)2/h3-5,7-8,10,12,17,20H,6,9,11H2,1-2H3. The summed E-state index contributed by atoms with van der Waals surface area (Å²) in [7, 11) is 1.96. The van der Waals surface area contributed by atoms with Gasteiger partial charge >= 0.3 is 0 Å². The third-order valence-electron chi connectivity index (χ3n) is 4.69. The third-order valence-corrected chi connectivity index (χ3v) is 5.46. The lowest BCUT2D eigenvalue weighted by Gasteiger charge is -2.35. The highest BCUT2D eigenvalue weighted by molar-refractivity contribution is 7.09. The van der Waals surface area contributed by atoms with Crippen LogP contribution in [-0.2, 0) is 7.05 Å². The minimum atomic E-state index is -0.0681. The van der Waals surface area contributed by atoms with Gasteiger partial charge in [-0.25, -0.2) is 9.97 Å². The molecular weight excluding hydrogens is 346 g/mol. The number of aromatic nitrogens is 3. The molecule has 0 bridgehead atoms. The molecule has 1 fully saturated rings. The van der Waals surface area contributed by atoms with E-state index in [1.54, 1.807) is 17.5 Å². The Labute approximate surface area is 156 Å². The molecule has 3 aromatic rings. The Balaban J connectivity index is 1.65. The zero-order valence-corrected chi connectivity index (χ0v) is 15.7. The molecule has 0 spiro atoms. The van der Waals surface area contributed by atoms with E-state index in [1.807, 2.05) is 59.3 Å². The van der Waals surface area contributed by atoms with Crippen molar-refractivity contribution in [2.24, 2.45) is 7.05 Å². The van der Waals surface area contributed by atoms with Crippen LogP contribution in [0, 0.1) is 6.92 Å². The maximum Gasteiger partial charge on any atom is 0.254 e. The number of rotatable bonds is 3. The second-order valence-electron chi connectivity index (χ2n) is 6.45. The number of hydrogen-bond acceptors (Lipinski definition) is 5. The quantitative estimate of drug-likeness (QED) is 0.773. The number of imidazole rings is 1. The van der Waals surface area contributed by atoms with Gasteiger partial charge in [0.05, 0.1) is 10.7 Å². The Kier molecular flexibility index (Phi) is 4.57. The van der Waals surface area contributed by atoms with Gasteiger partial charge < -0.3 is 14.8 Å². The van der Waals surface area contributed by atoms with Gasteiger partial charge in [0.2, 0.25) is 0 Å². The molecule has 1 N–H and O–H groups in total. The Hall–Kier alpha value is -2.51. The van der Waals surface area contributed by atoms with E-state index in [0.29, 0.717) is 18.7 Å². The van der Waals surface area contributed by atoms with Crippen LogP contribution in [-0.4, -0.2) is 45.0 Å². The number of aryl methyl sites for hydroxylation is 2. The molecule has 0 radical (unpaired) electrons. The number of benzene rings is 1. The summed E-state index contributed by atoms with van der Waals surface area (Å²) in [5, 5.41) is 6.42. The number of nitrogens with one attached hydrogen (secondary N) is 1. The molecule has 1 aliphatic rings. The molecule has 1 unspecified atom stereocenters. The van der Waals surface area contributed by atoms with Crippen molar-refractivity contribution in [3.05, 3.63) is 58.4 Å². The zero-order valence-electron chi connectivity index (χ0n) is 14.8. The Bertz CT molecular complexity index is 931. The number of piperazine rings is 1. The average Bonchev–Trinajstić information content (AvgIpc) is 3.29. The van der Waals surface area contributed by atoms with Crippen molar-refractivity contribution in [2.75, 3.05) is 19.6 Å². The van der Waals surface area contributed by atoms with Crippen LogP contribution in [0.3, 0.4) is 0 Å². The average molecular weight is 367 g/mol. The summed E-state index contributed by atoms with van der Waals surface area (Å²) in [5.41, 5.74) is 2.58. The van der Waals surface area contributed by atoms with Gasteiger partial charge in [-0.15, -0.1) is 11.3 Å². The highest BCUT2D eigenvalue weighted by Crippen LogP contribution is 2.26. The molecular formula is C19H21N5OS. The molecule has 2 aromatic heterocycles. The van der Waals surface area contributed by atoms with Crippen LogP contribution in [0.5, 0.6) is 0 Å². The maximum absolute atomic E-state index is 13.2. The zero-order chi connectivity index (χ0) is 18.1. The smallest absolute Gasteiger partial charge is 0.254 e. The molecule has 4 rings (SSSR count). The number of nitrogens with zero attached hydrogens (tertiary/aromatic N) is 4. The second-order valence-corrected chi connectivity index (χ2v) is 7.51. The molecule has 1 aliphatic heterocycles. The van der Waals surface area contributed by atoms with Gasteiger partial charge in [0.15, 0.2) is 0 Å². The van der Waals surface area contributed by atoms with E-state index in [1.165, 1.54) is 0 Å². The van der Waals surface area contributed by atoms with E-state index in [2.05, 4.69) is 15.3 Å². The largest absolute Gasteiger partial charge is 0.336 e. The van der Waals surface area contributed by atoms with E-state index >= 15 is 0 Å². The van der Waals surface area contributed by atoms with Gasteiger partial charge in [-0.05, 0) is 19.1 Å². The number of thiazole rings is 1. The first-order valence-corrected chi connectivity index (χ1v) is 9.53. The van der Waals surface area contributed by atoms with Gasteiger partial charge in [-0.2, -0.15) is 0 Å². The van der Waals surface area contributed by atoms with Crippen molar-refractivity contribution < 1.29 is 4.79 Å². The molecule has 1 atom stereocenters. The molecule has 7 heteroatoms. The summed E-state index contributed by atoms with van der Waals surface area (Å²) in [6, 6.07) is 7.67. The van der Waals surface area contributed by atoms with E-state index in [0.717, 1.165) is 28.6 Å². The fourth-order valence-electron chi connectivity index (χ4n) is 3.35. The van der Waals surface area contributed by atoms with Crippen LogP contribution < -0.4 is 5.32 Å². The monoisotopic (exact) mass is 367 g/mol. The summed E-state index contributed by atoms with van der Waals surface area (Å²) in [6.07, 6.45) is 3.69. The minimum Gasteiger partial charge on any atom is -0.336 e. The number of hydrogen-bond donors (Lipinski definition) is 1. The van der Waals surface area contributed by atoms with Gasteiger partial charge in [-0.1, -0.05) is 12.1 Å². The lowest BCUT2D eigenvalue weighted by molar-refractivity contribution is 0.0621. The Morgan fingerprint density at radius 2 is 2.27 bits per heavy atom. The number of amides is 1. The maximum atomic E-state index is 13.2. The molecule has 0 aliphatic carbocycles. The fourth-order valence-corrected chi connectivity index (χ4v) is 3.97. The molecule has 1 amide bonds. The van der Waals surface area contributed by atoms with Crippen molar-refractivity contribution in [2.45, 2.75) is 13.0 Å². The Morgan fingerprint density at radius 1 is 1.38 bits per heavy atom. The van der Waals surface area contributed by atoms with Crippen LogP contribution in [0.1, 0.15) is 27.2 Å². The van der Waals surface area contributed by atoms with E-state index < -0.39 is 0 Å². The van der Waals surface area contributed by atoms with E-state index in [-0.39, 0.29) is 11.9 Å². The summed E-state index contributed by atoms with van der Waals surface area (Å²) < 4.78 is 1.98. The molecule has 1 aromatic carbocycles. The molecule has 0 saturated carbocycles. The molecule has 26 heavy (non-hydrogen) atoms. The first-order chi connectivity index (χ1) is 12.6. The van der Waals surface area contributed by atoms with Crippen LogP contribution >= 0.6 is 11.3 Å². The SMILES string of the molecule is Cc1nc(-c2cccc(C(=O)N3CCNCC3c3nccn3C)c2)cs1. The highest BCUT2D eigenvalue weighted by Gasteiger charge is 2.31. The van der Waals surface area contributed by atoms with E-state index in [9.17, 15) is 4.79 Å². The lowest BCUT2D eigenvalue weighted by atomic mass is 10.1. The van der Waals surface area contributed by atoms with Crippen LogP contribution in [0.25, 0.3) is 11.3 Å². The summed E-state index contributed by atoms with van der Waals surface area (Å²) in [5.74, 6) is 0.935. The highest BCUT2D eigenvalue weighted by atomic mass is 32.1. The first kappa shape index (κ1) is 16.9. The first-order valence-electron chi connectivity index (χ1n) is 8.65. The van der Waals surface area contributed by atoms with Crippen LogP contribution in [0.15, 0.2) is 42.0 Å².